The molecular weight excluding hydrogens is 380 g/mol. The van der Waals surface area contributed by atoms with Crippen molar-refractivity contribution >= 4 is 11.8 Å². The predicted molar refractivity (Wildman–Crippen MR) is 108 cm³/mol. The fourth-order valence-electron chi connectivity index (χ4n) is 6.05. The summed E-state index contributed by atoms with van der Waals surface area (Å²) in [5.41, 5.74) is 0.560. The number of pyridine rings is 1. The van der Waals surface area contributed by atoms with Gasteiger partial charge in [-0.1, -0.05) is 6.42 Å². The van der Waals surface area contributed by atoms with Crippen LogP contribution in [0.2, 0.25) is 0 Å². The summed E-state index contributed by atoms with van der Waals surface area (Å²) in [6.45, 7) is 0.509. The quantitative estimate of drug-likeness (QED) is 0.767. The van der Waals surface area contributed by atoms with E-state index in [0.29, 0.717) is 18.7 Å². The highest BCUT2D eigenvalue weighted by atomic mass is 16.5. The molecule has 0 unspecified atom stereocenters. The van der Waals surface area contributed by atoms with Gasteiger partial charge in [-0.2, -0.15) is 5.26 Å². The molecule has 4 aliphatic rings. The van der Waals surface area contributed by atoms with Gasteiger partial charge in [0.15, 0.2) is 0 Å². The highest BCUT2D eigenvalue weighted by molar-refractivity contribution is 5.90. The van der Waals surface area contributed by atoms with Gasteiger partial charge in [-0.3, -0.25) is 14.6 Å². The van der Waals surface area contributed by atoms with E-state index in [9.17, 15) is 14.9 Å². The molecule has 7 heteroatoms. The van der Waals surface area contributed by atoms with Crippen molar-refractivity contribution in [3.05, 3.63) is 24.0 Å². The van der Waals surface area contributed by atoms with Gasteiger partial charge in [0, 0.05) is 31.1 Å². The molecule has 1 aromatic rings. The lowest BCUT2D eigenvalue weighted by atomic mass is 9.85. The Labute approximate surface area is 177 Å². The molecule has 1 spiro atoms. The van der Waals surface area contributed by atoms with E-state index in [1.165, 1.54) is 0 Å². The van der Waals surface area contributed by atoms with E-state index in [-0.39, 0.29) is 41.3 Å². The van der Waals surface area contributed by atoms with Gasteiger partial charge in [-0.05, 0) is 50.2 Å². The van der Waals surface area contributed by atoms with Gasteiger partial charge >= 0.3 is 0 Å². The first-order valence-corrected chi connectivity index (χ1v) is 11.1. The number of nitriles is 1. The Bertz CT molecular complexity index is 906. The van der Waals surface area contributed by atoms with Crippen molar-refractivity contribution in [2.75, 3.05) is 13.7 Å². The largest absolute Gasteiger partial charge is 0.495 e. The maximum absolute atomic E-state index is 13.8. The minimum Gasteiger partial charge on any atom is -0.495 e. The number of rotatable bonds is 3. The van der Waals surface area contributed by atoms with Crippen molar-refractivity contribution in [2.24, 2.45) is 5.92 Å². The summed E-state index contributed by atoms with van der Waals surface area (Å²) in [5.74, 6) is 0.493. The summed E-state index contributed by atoms with van der Waals surface area (Å²) in [5, 5.41) is 10.0. The number of carbonyl (C=O) groups excluding carboxylic acids is 2. The van der Waals surface area contributed by atoms with Gasteiger partial charge in [0.25, 0.3) is 0 Å². The van der Waals surface area contributed by atoms with Crippen molar-refractivity contribution in [3.8, 4) is 11.8 Å². The molecule has 4 atom stereocenters. The molecule has 0 bridgehead atoms. The molecule has 1 aliphatic carbocycles. The lowest BCUT2D eigenvalue weighted by Gasteiger charge is -2.34. The number of fused-ring (bicyclic) bond motifs is 1. The van der Waals surface area contributed by atoms with Crippen molar-refractivity contribution < 1.29 is 14.3 Å². The number of carbonyl (C=O) groups is 2. The summed E-state index contributed by atoms with van der Waals surface area (Å²) in [6.07, 6.45) is 10.3. The van der Waals surface area contributed by atoms with E-state index >= 15 is 0 Å². The van der Waals surface area contributed by atoms with Crippen LogP contribution in [0.3, 0.4) is 0 Å². The van der Waals surface area contributed by atoms with Crippen LogP contribution in [0.25, 0.3) is 0 Å². The average Bonchev–Trinajstić information content (AvgIpc) is 3.37. The first-order valence-electron chi connectivity index (χ1n) is 11.1. The number of methoxy groups -OCH3 is 1. The number of ether oxygens (including phenoxy) is 1. The summed E-state index contributed by atoms with van der Waals surface area (Å²) < 4.78 is 5.32. The van der Waals surface area contributed by atoms with Crippen LogP contribution in [-0.4, -0.2) is 57.9 Å². The Hall–Kier alpha value is -2.62. The van der Waals surface area contributed by atoms with Crippen LogP contribution in [0.5, 0.6) is 5.75 Å². The van der Waals surface area contributed by atoms with Gasteiger partial charge in [0.1, 0.15) is 11.8 Å². The summed E-state index contributed by atoms with van der Waals surface area (Å²) >= 11 is 0. The maximum atomic E-state index is 13.8. The fourth-order valence-corrected chi connectivity index (χ4v) is 6.05. The van der Waals surface area contributed by atoms with Gasteiger partial charge in [-0.15, -0.1) is 0 Å². The first kappa shape index (κ1) is 19.3. The van der Waals surface area contributed by atoms with E-state index in [2.05, 4.69) is 11.1 Å². The van der Waals surface area contributed by atoms with E-state index in [1.807, 2.05) is 15.9 Å². The molecule has 0 radical (unpaired) electrons. The molecule has 0 aromatic carbocycles. The van der Waals surface area contributed by atoms with Crippen LogP contribution in [0.1, 0.15) is 62.8 Å². The van der Waals surface area contributed by atoms with Gasteiger partial charge in [0.05, 0.1) is 30.8 Å². The van der Waals surface area contributed by atoms with E-state index in [1.54, 1.807) is 19.5 Å². The topological polar surface area (TPSA) is 86.5 Å². The first-order chi connectivity index (χ1) is 14.6. The zero-order valence-corrected chi connectivity index (χ0v) is 17.4. The predicted octanol–water partition coefficient (Wildman–Crippen LogP) is 2.62. The summed E-state index contributed by atoms with van der Waals surface area (Å²) in [4.78, 5) is 34.6. The van der Waals surface area contributed by atoms with Crippen LogP contribution in [-0.2, 0) is 9.59 Å². The second-order valence-corrected chi connectivity index (χ2v) is 9.22. The van der Waals surface area contributed by atoms with Crippen molar-refractivity contribution in [3.63, 3.8) is 0 Å². The van der Waals surface area contributed by atoms with E-state index < -0.39 is 0 Å². The number of hydrogen-bond donors (Lipinski definition) is 0. The van der Waals surface area contributed by atoms with Crippen molar-refractivity contribution in [1.29, 1.82) is 5.26 Å². The number of amides is 2. The second kappa shape index (κ2) is 7.26. The molecule has 3 saturated heterocycles. The van der Waals surface area contributed by atoms with Crippen LogP contribution in [0, 0.1) is 17.2 Å². The van der Waals surface area contributed by atoms with Gasteiger partial charge in [0.2, 0.25) is 11.8 Å². The summed E-state index contributed by atoms with van der Waals surface area (Å²) in [7, 11) is 1.60. The lowest BCUT2D eigenvalue weighted by Crippen LogP contribution is -2.52. The van der Waals surface area contributed by atoms with Crippen LogP contribution < -0.4 is 4.74 Å². The molecule has 2 amide bonds. The molecule has 1 aromatic heterocycles. The molecular formula is C23H28N4O3. The van der Waals surface area contributed by atoms with E-state index in [4.69, 9.17) is 4.74 Å². The maximum Gasteiger partial charge on any atom is 0.245 e. The molecule has 158 valence electrons. The highest BCUT2D eigenvalue weighted by Gasteiger charge is 2.64. The van der Waals surface area contributed by atoms with Gasteiger partial charge < -0.3 is 14.5 Å². The Morgan fingerprint density at radius 3 is 2.83 bits per heavy atom. The number of likely N-dealkylation sites (tertiary alicyclic amines) is 1. The molecule has 0 N–H and O–H groups in total. The van der Waals surface area contributed by atoms with Crippen LogP contribution in [0.15, 0.2) is 18.5 Å². The lowest BCUT2D eigenvalue weighted by molar-refractivity contribution is -0.146. The van der Waals surface area contributed by atoms with Crippen molar-refractivity contribution in [2.45, 2.75) is 74.9 Å². The molecule has 1 saturated carbocycles. The Morgan fingerprint density at radius 2 is 2.10 bits per heavy atom. The third-order valence-corrected chi connectivity index (χ3v) is 7.72. The second-order valence-electron chi connectivity index (χ2n) is 9.22. The Morgan fingerprint density at radius 1 is 1.27 bits per heavy atom. The molecule has 4 fully saturated rings. The third kappa shape index (κ3) is 2.88. The normalized spacial score (nSPS) is 31.9. The molecule has 3 aliphatic heterocycles. The summed E-state index contributed by atoms with van der Waals surface area (Å²) in [6, 6.07) is 4.28. The minimum absolute atomic E-state index is 0.0452. The van der Waals surface area contributed by atoms with Crippen LogP contribution >= 0.6 is 0 Å². The molecule has 4 heterocycles. The molecule has 7 nitrogen and oxygen atoms in total. The standard InChI is InChI=1S/C23H28N4O3/c1-30-17-10-15(12-25-13-17)18-14-26(23(8-9-23)19(18)11-24)22(29)20-7-6-16-4-2-3-5-21(28)27(16)20/h10,12-13,16,18-20H,2-9,14H2,1H3/t16-,18-,19-,20-/m0/s1. The number of aromatic nitrogens is 1. The Balaban J connectivity index is 1.44. The minimum atomic E-state index is -0.382. The zero-order valence-electron chi connectivity index (χ0n) is 17.4. The Kier molecular flexibility index (Phi) is 4.68. The number of hydrogen-bond acceptors (Lipinski definition) is 5. The molecule has 30 heavy (non-hydrogen) atoms. The van der Waals surface area contributed by atoms with Crippen LogP contribution in [0.4, 0.5) is 0 Å². The highest BCUT2D eigenvalue weighted by Crippen LogP contribution is 2.58. The SMILES string of the molecule is COc1cncc([C@@H]2CN(C(=O)[C@@H]3CC[C@@H]4CCCCC(=O)N43)C3(CC3)[C@H]2C#N)c1. The monoisotopic (exact) mass is 408 g/mol. The average molecular weight is 409 g/mol. The third-order valence-electron chi connectivity index (χ3n) is 7.72. The van der Waals surface area contributed by atoms with Gasteiger partial charge in [-0.25, -0.2) is 0 Å². The van der Waals surface area contributed by atoms with Crippen molar-refractivity contribution in [1.82, 2.24) is 14.8 Å². The zero-order chi connectivity index (χ0) is 20.9. The fraction of sp³-hybridized carbons (Fsp3) is 0.652. The smallest absolute Gasteiger partial charge is 0.245 e. The number of nitrogens with zero attached hydrogens (tertiary/aromatic N) is 4. The van der Waals surface area contributed by atoms with E-state index in [0.717, 1.165) is 50.5 Å². The molecule has 5 rings (SSSR count).